The molecule has 1 aromatic heterocycles. The van der Waals surface area contributed by atoms with Gasteiger partial charge in [-0.25, -0.2) is 4.39 Å². The second kappa shape index (κ2) is 3.69. The third kappa shape index (κ3) is 1.80. The average Bonchev–Trinajstić information content (AvgIpc) is 2.47. The Morgan fingerprint density at radius 3 is 3.07 bits per heavy atom. The van der Waals surface area contributed by atoms with E-state index in [2.05, 4.69) is 10.4 Å². The first-order valence-electron chi connectivity index (χ1n) is 5.09. The Morgan fingerprint density at radius 2 is 2.36 bits per heavy atom. The number of nitrogens with zero attached hydrogens (tertiary/aromatic N) is 2. The van der Waals surface area contributed by atoms with Gasteiger partial charge in [0.25, 0.3) is 0 Å². The summed E-state index contributed by atoms with van der Waals surface area (Å²) in [5.74, 6) is 0. The van der Waals surface area contributed by atoms with Crippen molar-refractivity contribution in [3.8, 4) is 0 Å². The van der Waals surface area contributed by atoms with E-state index in [0.29, 0.717) is 12.8 Å². The second-order valence-electron chi connectivity index (χ2n) is 3.97. The molecule has 0 aromatic carbocycles. The van der Waals surface area contributed by atoms with E-state index in [-0.39, 0.29) is 0 Å². The van der Waals surface area contributed by atoms with Gasteiger partial charge in [0.1, 0.15) is 5.67 Å². The van der Waals surface area contributed by atoms with E-state index < -0.39 is 5.67 Å². The van der Waals surface area contributed by atoms with Crippen LogP contribution in [0, 0.1) is 0 Å². The van der Waals surface area contributed by atoms with Gasteiger partial charge in [-0.15, -0.1) is 0 Å². The summed E-state index contributed by atoms with van der Waals surface area (Å²) >= 11 is 0. The topological polar surface area (TPSA) is 29.9 Å². The first kappa shape index (κ1) is 9.65. The van der Waals surface area contributed by atoms with Gasteiger partial charge in [-0.1, -0.05) is 0 Å². The molecule has 1 saturated heterocycles. The molecule has 0 bridgehead atoms. The molecule has 1 atom stereocenters. The Bertz CT molecular complexity index is 300. The van der Waals surface area contributed by atoms with Crippen LogP contribution < -0.4 is 5.32 Å². The van der Waals surface area contributed by atoms with Crippen LogP contribution in [-0.4, -0.2) is 22.9 Å². The van der Waals surface area contributed by atoms with Gasteiger partial charge in [-0.05, 0) is 32.4 Å². The van der Waals surface area contributed by atoms with Crippen LogP contribution >= 0.6 is 0 Å². The van der Waals surface area contributed by atoms with Crippen LogP contribution in [0.4, 0.5) is 4.39 Å². The van der Waals surface area contributed by atoms with Crippen molar-refractivity contribution in [2.24, 2.45) is 7.05 Å². The van der Waals surface area contributed by atoms with Crippen LogP contribution in [0.1, 0.15) is 24.8 Å². The van der Waals surface area contributed by atoms with E-state index in [9.17, 15) is 4.39 Å². The fraction of sp³-hybridized carbons (Fsp3) is 0.700. The predicted molar refractivity (Wildman–Crippen MR) is 52.7 cm³/mol. The van der Waals surface area contributed by atoms with Crippen molar-refractivity contribution in [2.45, 2.75) is 24.9 Å². The summed E-state index contributed by atoms with van der Waals surface area (Å²) in [6.45, 7) is 1.68. The van der Waals surface area contributed by atoms with Crippen molar-refractivity contribution in [3.05, 3.63) is 18.0 Å². The number of halogens is 1. The highest BCUT2D eigenvalue weighted by atomic mass is 19.1. The van der Waals surface area contributed by atoms with Gasteiger partial charge in [0.05, 0.1) is 6.20 Å². The summed E-state index contributed by atoms with van der Waals surface area (Å²) in [5.41, 5.74) is -0.443. The molecule has 0 saturated carbocycles. The lowest BCUT2D eigenvalue weighted by Gasteiger charge is -2.21. The maximum Gasteiger partial charge on any atom is 0.140 e. The van der Waals surface area contributed by atoms with Crippen molar-refractivity contribution >= 4 is 0 Å². The summed E-state index contributed by atoms with van der Waals surface area (Å²) in [7, 11) is 1.82. The molecule has 14 heavy (non-hydrogen) atoms. The summed E-state index contributed by atoms with van der Waals surface area (Å²) in [5, 5.41) is 7.24. The fourth-order valence-corrected chi connectivity index (χ4v) is 1.97. The number of hydrogen-bond acceptors (Lipinski definition) is 2. The molecule has 1 N–H and O–H groups in total. The van der Waals surface area contributed by atoms with Gasteiger partial charge in [-0.3, -0.25) is 4.68 Å². The van der Waals surface area contributed by atoms with Crippen molar-refractivity contribution in [2.75, 3.05) is 13.1 Å². The molecule has 2 heterocycles. The number of alkyl halides is 1. The van der Waals surface area contributed by atoms with Crippen molar-refractivity contribution < 1.29 is 4.39 Å². The Morgan fingerprint density at radius 1 is 1.50 bits per heavy atom. The van der Waals surface area contributed by atoms with E-state index in [1.54, 1.807) is 17.1 Å². The van der Waals surface area contributed by atoms with Gasteiger partial charge in [0.2, 0.25) is 0 Å². The fourth-order valence-electron chi connectivity index (χ4n) is 1.97. The number of hydrogen-bond donors (Lipinski definition) is 1. The lowest BCUT2D eigenvalue weighted by Crippen LogP contribution is -2.21. The summed E-state index contributed by atoms with van der Waals surface area (Å²) < 4.78 is 16.1. The zero-order valence-corrected chi connectivity index (χ0v) is 8.46. The molecular formula is C10H16FN3. The van der Waals surface area contributed by atoms with E-state index in [4.69, 9.17) is 0 Å². The average molecular weight is 197 g/mol. The number of rotatable bonds is 1. The molecule has 1 aromatic rings. The SMILES string of the molecule is Cn1cc(C2(F)CCCNCC2)cn1. The van der Waals surface area contributed by atoms with Crippen molar-refractivity contribution in [1.82, 2.24) is 15.1 Å². The Labute approximate surface area is 83.3 Å². The zero-order chi connectivity index (χ0) is 10.0. The summed E-state index contributed by atoms with van der Waals surface area (Å²) in [6, 6.07) is 0. The molecule has 0 amide bonds. The zero-order valence-electron chi connectivity index (χ0n) is 8.46. The minimum absolute atomic E-state index is 0.554. The minimum Gasteiger partial charge on any atom is -0.317 e. The molecule has 1 fully saturated rings. The van der Waals surface area contributed by atoms with Crippen LogP contribution in [0.3, 0.4) is 0 Å². The number of aryl methyl sites for hydroxylation is 1. The largest absolute Gasteiger partial charge is 0.317 e. The van der Waals surface area contributed by atoms with E-state index in [0.717, 1.165) is 25.1 Å². The normalized spacial score (nSPS) is 28.7. The molecule has 0 aliphatic carbocycles. The third-order valence-corrected chi connectivity index (χ3v) is 2.85. The standard InChI is InChI=1S/C10H16FN3/c1-14-8-9(7-13-14)10(11)3-2-5-12-6-4-10/h7-8,12H,2-6H2,1H3. The van der Waals surface area contributed by atoms with Crippen molar-refractivity contribution in [3.63, 3.8) is 0 Å². The maximum atomic E-state index is 14.5. The highest BCUT2D eigenvalue weighted by Crippen LogP contribution is 2.35. The van der Waals surface area contributed by atoms with Crippen LogP contribution in [0.15, 0.2) is 12.4 Å². The van der Waals surface area contributed by atoms with Gasteiger partial charge in [-0.2, -0.15) is 5.10 Å². The first-order valence-corrected chi connectivity index (χ1v) is 5.09. The van der Waals surface area contributed by atoms with Gasteiger partial charge in [0, 0.05) is 18.8 Å². The van der Waals surface area contributed by atoms with Crippen LogP contribution in [0.25, 0.3) is 0 Å². The molecule has 78 valence electrons. The third-order valence-electron chi connectivity index (χ3n) is 2.85. The molecule has 2 rings (SSSR count). The van der Waals surface area contributed by atoms with Crippen LogP contribution in [0.5, 0.6) is 0 Å². The minimum atomic E-state index is -1.17. The van der Waals surface area contributed by atoms with E-state index in [1.807, 2.05) is 7.05 Å². The molecule has 1 unspecified atom stereocenters. The lowest BCUT2D eigenvalue weighted by atomic mass is 9.91. The first-order chi connectivity index (χ1) is 6.71. The quantitative estimate of drug-likeness (QED) is 0.736. The molecule has 3 nitrogen and oxygen atoms in total. The molecule has 1 aliphatic heterocycles. The molecule has 1 aliphatic rings. The molecule has 0 spiro atoms. The smallest absolute Gasteiger partial charge is 0.140 e. The predicted octanol–water partition coefficient (Wildman–Crippen LogP) is 1.36. The van der Waals surface area contributed by atoms with Crippen LogP contribution in [-0.2, 0) is 12.7 Å². The summed E-state index contributed by atoms with van der Waals surface area (Å²) in [6.07, 6.45) is 5.48. The summed E-state index contributed by atoms with van der Waals surface area (Å²) in [4.78, 5) is 0. The van der Waals surface area contributed by atoms with E-state index >= 15 is 0 Å². The highest BCUT2D eigenvalue weighted by molar-refractivity contribution is 5.15. The number of aromatic nitrogens is 2. The Balaban J connectivity index is 2.20. The van der Waals surface area contributed by atoms with Crippen molar-refractivity contribution in [1.29, 1.82) is 0 Å². The van der Waals surface area contributed by atoms with Gasteiger partial charge >= 0.3 is 0 Å². The van der Waals surface area contributed by atoms with Crippen LogP contribution in [0.2, 0.25) is 0 Å². The molecule has 4 heteroatoms. The second-order valence-corrected chi connectivity index (χ2v) is 3.97. The van der Waals surface area contributed by atoms with E-state index in [1.165, 1.54) is 0 Å². The number of nitrogens with one attached hydrogen (secondary N) is 1. The Kier molecular flexibility index (Phi) is 2.54. The Hall–Kier alpha value is -0.900. The highest BCUT2D eigenvalue weighted by Gasteiger charge is 2.33. The monoisotopic (exact) mass is 197 g/mol. The maximum absolute atomic E-state index is 14.5. The van der Waals surface area contributed by atoms with Gasteiger partial charge < -0.3 is 5.32 Å². The molecule has 0 radical (unpaired) electrons. The lowest BCUT2D eigenvalue weighted by molar-refractivity contribution is 0.145. The molecular weight excluding hydrogens is 181 g/mol. The van der Waals surface area contributed by atoms with Gasteiger partial charge in [0.15, 0.2) is 0 Å².